The van der Waals surface area contributed by atoms with Crippen molar-refractivity contribution in [2.24, 2.45) is 0 Å². The summed E-state index contributed by atoms with van der Waals surface area (Å²) in [6.45, 7) is 2.63. The average molecular weight is 273 g/mol. The lowest BCUT2D eigenvalue weighted by atomic mass is 10.2. The molecular formula is C15H15NO2S. The average Bonchev–Trinajstić information content (AvgIpc) is 2.47. The second-order valence-electron chi connectivity index (χ2n) is 3.85. The largest absolute Gasteiger partial charge is 0.494 e. The van der Waals surface area contributed by atoms with Crippen LogP contribution in [-0.4, -0.2) is 12.9 Å². The summed E-state index contributed by atoms with van der Waals surface area (Å²) in [4.78, 5) is 11.7. The minimum atomic E-state index is 0.667. The summed E-state index contributed by atoms with van der Waals surface area (Å²) in [6.07, 6.45) is 0.848. The number of hydrogen-bond donors (Lipinski definition) is 1. The van der Waals surface area contributed by atoms with Crippen molar-refractivity contribution in [2.75, 3.05) is 11.3 Å². The lowest BCUT2D eigenvalue weighted by molar-refractivity contribution is 0.112. The number of rotatable bonds is 6. The molecule has 0 aromatic heterocycles. The molecule has 2 aromatic carbocycles. The van der Waals surface area contributed by atoms with Gasteiger partial charge in [0.2, 0.25) is 0 Å². The molecule has 0 spiro atoms. The van der Waals surface area contributed by atoms with Crippen molar-refractivity contribution in [1.29, 1.82) is 0 Å². The smallest absolute Gasteiger partial charge is 0.150 e. The summed E-state index contributed by atoms with van der Waals surface area (Å²) in [5, 5.41) is 0. The molecule has 3 nitrogen and oxygen atoms in total. The Labute approximate surface area is 117 Å². The van der Waals surface area contributed by atoms with Crippen LogP contribution in [0.5, 0.6) is 5.75 Å². The number of ether oxygens (including phenoxy) is 1. The molecule has 0 unspecified atom stereocenters. The van der Waals surface area contributed by atoms with Gasteiger partial charge in [0.15, 0.2) is 0 Å². The van der Waals surface area contributed by atoms with Gasteiger partial charge < -0.3 is 9.46 Å². The predicted molar refractivity (Wildman–Crippen MR) is 78.9 cm³/mol. The van der Waals surface area contributed by atoms with Crippen molar-refractivity contribution in [3.05, 3.63) is 54.1 Å². The highest BCUT2D eigenvalue weighted by Crippen LogP contribution is 2.23. The van der Waals surface area contributed by atoms with Crippen molar-refractivity contribution < 1.29 is 9.53 Å². The van der Waals surface area contributed by atoms with Crippen LogP contribution >= 0.6 is 11.9 Å². The SMILES string of the molecule is CCOc1ccc(NSc2cccc(C=O)c2)cc1. The summed E-state index contributed by atoms with van der Waals surface area (Å²) in [6, 6.07) is 15.2. The van der Waals surface area contributed by atoms with Gasteiger partial charge in [-0.1, -0.05) is 12.1 Å². The highest BCUT2D eigenvalue weighted by Gasteiger charge is 1.98. The second-order valence-corrected chi connectivity index (χ2v) is 4.73. The van der Waals surface area contributed by atoms with Crippen LogP contribution in [0.4, 0.5) is 5.69 Å². The fourth-order valence-corrected chi connectivity index (χ4v) is 2.27. The third-order valence-electron chi connectivity index (χ3n) is 2.45. The monoisotopic (exact) mass is 273 g/mol. The molecule has 0 saturated carbocycles. The van der Waals surface area contributed by atoms with E-state index in [-0.39, 0.29) is 0 Å². The Kier molecular flexibility index (Phi) is 4.86. The van der Waals surface area contributed by atoms with Crippen LogP contribution in [0, 0.1) is 0 Å². The molecule has 1 N–H and O–H groups in total. The van der Waals surface area contributed by atoms with Crippen LogP contribution in [-0.2, 0) is 0 Å². The summed E-state index contributed by atoms with van der Waals surface area (Å²) < 4.78 is 8.61. The zero-order chi connectivity index (χ0) is 13.5. The molecular weight excluding hydrogens is 258 g/mol. The number of nitrogens with one attached hydrogen (secondary N) is 1. The molecule has 98 valence electrons. The molecule has 4 heteroatoms. The topological polar surface area (TPSA) is 38.3 Å². The Morgan fingerprint density at radius 3 is 2.68 bits per heavy atom. The Balaban J connectivity index is 1.95. The lowest BCUT2D eigenvalue weighted by Gasteiger charge is -2.07. The van der Waals surface area contributed by atoms with Crippen molar-refractivity contribution in [3.63, 3.8) is 0 Å². The molecule has 2 aromatic rings. The molecule has 0 amide bonds. The Hall–Kier alpha value is -1.94. The first-order valence-electron chi connectivity index (χ1n) is 6.03. The maximum atomic E-state index is 10.7. The van der Waals surface area contributed by atoms with E-state index in [1.165, 1.54) is 11.9 Å². The van der Waals surface area contributed by atoms with Gasteiger partial charge in [-0.3, -0.25) is 4.79 Å². The zero-order valence-electron chi connectivity index (χ0n) is 10.6. The van der Waals surface area contributed by atoms with Gasteiger partial charge in [0.05, 0.1) is 6.61 Å². The molecule has 0 radical (unpaired) electrons. The normalized spacial score (nSPS) is 9.95. The fraction of sp³-hybridized carbons (Fsp3) is 0.133. The van der Waals surface area contributed by atoms with Crippen molar-refractivity contribution in [2.45, 2.75) is 11.8 Å². The van der Waals surface area contributed by atoms with E-state index in [1.54, 1.807) is 6.07 Å². The standard InChI is InChI=1S/C15H15NO2S/c1-2-18-14-8-6-13(7-9-14)16-19-15-5-3-4-12(10-15)11-17/h3-11,16H,2H2,1H3. The van der Waals surface area contributed by atoms with Crippen LogP contribution in [0.3, 0.4) is 0 Å². The predicted octanol–water partition coefficient (Wildman–Crippen LogP) is 4.02. The van der Waals surface area contributed by atoms with Gasteiger partial charge in [0.1, 0.15) is 12.0 Å². The first kappa shape index (κ1) is 13.5. The molecule has 0 fully saturated rings. The summed E-state index contributed by atoms with van der Waals surface area (Å²) in [5.74, 6) is 0.862. The minimum absolute atomic E-state index is 0.667. The third kappa shape index (κ3) is 4.03. The van der Waals surface area contributed by atoms with Crippen LogP contribution in [0.15, 0.2) is 53.4 Å². The molecule has 19 heavy (non-hydrogen) atoms. The minimum Gasteiger partial charge on any atom is -0.494 e. The van der Waals surface area contributed by atoms with Crippen molar-refractivity contribution in [1.82, 2.24) is 0 Å². The molecule has 0 aliphatic carbocycles. The highest BCUT2D eigenvalue weighted by atomic mass is 32.2. The van der Waals surface area contributed by atoms with Crippen LogP contribution in [0.2, 0.25) is 0 Å². The number of carbonyl (C=O) groups excluding carboxylic acids is 1. The van der Waals surface area contributed by atoms with Gasteiger partial charge in [-0.2, -0.15) is 0 Å². The molecule has 0 atom stereocenters. The van der Waals surface area contributed by atoms with E-state index >= 15 is 0 Å². The quantitative estimate of drug-likeness (QED) is 0.637. The van der Waals surface area contributed by atoms with Crippen molar-refractivity contribution >= 4 is 23.9 Å². The number of hydrogen-bond acceptors (Lipinski definition) is 4. The highest BCUT2D eigenvalue weighted by molar-refractivity contribution is 8.00. The number of aldehydes is 1. The number of carbonyl (C=O) groups is 1. The molecule has 2 rings (SSSR count). The first-order chi connectivity index (χ1) is 9.31. The fourth-order valence-electron chi connectivity index (χ4n) is 1.56. The lowest BCUT2D eigenvalue weighted by Crippen LogP contribution is -1.92. The maximum Gasteiger partial charge on any atom is 0.150 e. The van der Waals surface area contributed by atoms with Gasteiger partial charge in [0, 0.05) is 16.1 Å². The number of anilines is 1. The maximum absolute atomic E-state index is 10.7. The van der Waals surface area contributed by atoms with Gasteiger partial charge in [-0.25, -0.2) is 0 Å². The second kappa shape index (κ2) is 6.85. The van der Waals surface area contributed by atoms with Gasteiger partial charge in [-0.05, 0) is 55.3 Å². The van der Waals surface area contributed by atoms with Crippen LogP contribution < -0.4 is 9.46 Å². The zero-order valence-corrected chi connectivity index (χ0v) is 11.4. The van der Waals surface area contributed by atoms with Gasteiger partial charge in [-0.15, -0.1) is 0 Å². The van der Waals surface area contributed by atoms with E-state index in [9.17, 15) is 4.79 Å². The molecule has 0 aliphatic heterocycles. The van der Waals surface area contributed by atoms with E-state index in [0.29, 0.717) is 12.2 Å². The molecule has 0 aliphatic rings. The van der Waals surface area contributed by atoms with Gasteiger partial charge >= 0.3 is 0 Å². The Morgan fingerprint density at radius 1 is 1.21 bits per heavy atom. The summed E-state index contributed by atoms with van der Waals surface area (Å²) in [7, 11) is 0. The Morgan fingerprint density at radius 2 is 2.00 bits per heavy atom. The van der Waals surface area contributed by atoms with E-state index in [0.717, 1.165) is 22.6 Å². The van der Waals surface area contributed by atoms with E-state index in [4.69, 9.17) is 4.74 Å². The molecule has 0 bridgehead atoms. The van der Waals surface area contributed by atoms with E-state index < -0.39 is 0 Å². The van der Waals surface area contributed by atoms with E-state index in [2.05, 4.69) is 4.72 Å². The van der Waals surface area contributed by atoms with Crippen LogP contribution in [0.25, 0.3) is 0 Å². The van der Waals surface area contributed by atoms with Gasteiger partial charge in [0.25, 0.3) is 0 Å². The first-order valence-corrected chi connectivity index (χ1v) is 6.84. The summed E-state index contributed by atoms with van der Waals surface area (Å²) >= 11 is 1.47. The molecule has 0 saturated heterocycles. The van der Waals surface area contributed by atoms with Crippen LogP contribution in [0.1, 0.15) is 17.3 Å². The Bertz CT molecular complexity index is 540. The number of benzene rings is 2. The van der Waals surface area contributed by atoms with E-state index in [1.807, 2.05) is 49.4 Å². The van der Waals surface area contributed by atoms with Crippen molar-refractivity contribution in [3.8, 4) is 5.75 Å². The molecule has 0 heterocycles. The third-order valence-corrected chi connectivity index (χ3v) is 3.27. The summed E-state index contributed by atoms with van der Waals surface area (Å²) in [5.41, 5.74) is 1.67.